The largest absolute Gasteiger partial charge is 0.352 e. The van der Waals surface area contributed by atoms with Gasteiger partial charge in [-0.25, -0.2) is 8.42 Å². The van der Waals surface area contributed by atoms with Crippen molar-refractivity contribution in [3.05, 3.63) is 64.2 Å². The second-order valence-corrected chi connectivity index (χ2v) is 12.0. The highest BCUT2D eigenvalue weighted by molar-refractivity contribution is 7.92. The third-order valence-electron chi connectivity index (χ3n) is 6.73. The summed E-state index contributed by atoms with van der Waals surface area (Å²) in [6.45, 7) is 5.03. The summed E-state index contributed by atoms with van der Waals surface area (Å²) in [4.78, 5) is 28.4. The Morgan fingerprint density at radius 3 is 2.25 bits per heavy atom. The van der Waals surface area contributed by atoms with Gasteiger partial charge in [0.25, 0.3) is 0 Å². The van der Waals surface area contributed by atoms with Crippen LogP contribution in [0.15, 0.2) is 42.5 Å². The Hall–Kier alpha value is -2.58. The molecule has 2 amide bonds. The summed E-state index contributed by atoms with van der Waals surface area (Å²) >= 11 is 6.17. The molecular formula is C27H36ClN3O4S. The van der Waals surface area contributed by atoms with Crippen LogP contribution in [0.2, 0.25) is 5.02 Å². The molecule has 0 aliphatic heterocycles. The van der Waals surface area contributed by atoms with Gasteiger partial charge in [0.2, 0.25) is 21.8 Å². The fourth-order valence-electron chi connectivity index (χ4n) is 4.76. The quantitative estimate of drug-likeness (QED) is 0.511. The lowest BCUT2D eigenvalue weighted by molar-refractivity contribution is -0.139. The van der Waals surface area contributed by atoms with Crippen molar-refractivity contribution >= 4 is 39.1 Å². The molecule has 1 fully saturated rings. The van der Waals surface area contributed by atoms with Crippen LogP contribution in [0.25, 0.3) is 0 Å². The van der Waals surface area contributed by atoms with Crippen molar-refractivity contribution in [2.24, 2.45) is 0 Å². The van der Waals surface area contributed by atoms with Crippen LogP contribution in [0.3, 0.4) is 0 Å². The van der Waals surface area contributed by atoms with E-state index in [1.807, 2.05) is 38.1 Å². The second-order valence-electron chi connectivity index (χ2n) is 9.68. The van der Waals surface area contributed by atoms with Gasteiger partial charge in [-0.2, -0.15) is 0 Å². The Morgan fingerprint density at radius 2 is 1.67 bits per heavy atom. The van der Waals surface area contributed by atoms with Crippen LogP contribution in [0.1, 0.15) is 55.7 Å². The molecule has 1 aliphatic rings. The molecular weight excluding hydrogens is 498 g/mol. The van der Waals surface area contributed by atoms with E-state index in [4.69, 9.17) is 11.6 Å². The summed E-state index contributed by atoms with van der Waals surface area (Å²) in [7, 11) is -3.78. The van der Waals surface area contributed by atoms with E-state index in [0.717, 1.165) is 52.9 Å². The van der Waals surface area contributed by atoms with Crippen LogP contribution in [-0.2, 0) is 26.2 Å². The van der Waals surface area contributed by atoms with Crippen LogP contribution in [0.4, 0.5) is 5.69 Å². The maximum absolute atomic E-state index is 13.7. The minimum Gasteiger partial charge on any atom is -0.352 e. The van der Waals surface area contributed by atoms with E-state index in [-0.39, 0.29) is 18.5 Å². The molecule has 1 unspecified atom stereocenters. The van der Waals surface area contributed by atoms with E-state index in [2.05, 4.69) is 5.32 Å². The number of benzene rings is 2. The summed E-state index contributed by atoms with van der Waals surface area (Å²) in [6.07, 6.45) is 6.25. The van der Waals surface area contributed by atoms with Crippen molar-refractivity contribution in [3.8, 4) is 0 Å². The number of aryl methyl sites for hydroxylation is 2. The van der Waals surface area contributed by atoms with Crippen LogP contribution in [0.5, 0.6) is 0 Å². The number of carbonyl (C=O) groups is 2. The van der Waals surface area contributed by atoms with Gasteiger partial charge in [-0.3, -0.25) is 13.9 Å². The molecule has 2 aromatic rings. The number of nitrogens with zero attached hydrogens (tertiary/aromatic N) is 2. The Labute approximate surface area is 219 Å². The second kappa shape index (κ2) is 12.1. The maximum atomic E-state index is 13.7. The lowest BCUT2D eigenvalue weighted by atomic mass is 9.95. The predicted octanol–water partition coefficient (Wildman–Crippen LogP) is 4.59. The van der Waals surface area contributed by atoms with E-state index in [1.165, 1.54) is 11.3 Å². The number of hydrogen-bond acceptors (Lipinski definition) is 4. The molecule has 36 heavy (non-hydrogen) atoms. The SMILES string of the molecule is Cc1cccc(C)c1N(CC(=O)N(Cc1cccc(Cl)c1)C(C)C(=O)NC1CCCCC1)S(C)(=O)=O. The van der Waals surface area contributed by atoms with Crippen molar-refractivity contribution in [1.82, 2.24) is 10.2 Å². The average Bonchev–Trinajstić information content (AvgIpc) is 2.81. The summed E-state index contributed by atoms with van der Waals surface area (Å²) in [5.74, 6) is -0.704. The highest BCUT2D eigenvalue weighted by Gasteiger charge is 2.32. The molecule has 1 aliphatic carbocycles. The zero-order valence-electron chi connectivity index (χ0n) is 21.5. The summed E-state index contributed by atoms with van der Waals surface area (Å²) < 4.78 is 26.8. The molecule has 0 radical (unpaired) electrons. The minimum atomic E-state index is -3.78. The van der Waals surface area contributed by atoms with Crippen LogP contribution in [-0.4, -0.2) is 50.0 Å². The van der Waals surface area contributed by atoms with E-state index in [0.29, 0.717) is 10.7 Å². The molecule has 1 atom stereocenters. The summed E-state index contributed by atoms with van der Waals surface area (Å²) in [6, 6.07) is 11.9. The highest BCUT2D eigenvalue weighted by atomic mass is 35.5. The normalized spacial score (nSPS) is 15.2. The molecule has 0 spiro atoms. The van der Waals surface area contributed by atoms with Gasteiger partial charge in [0.1, 0.15) is 12.6 Å². The number of sulfonamides is 1. The molecule has 0 heterocycles. The molecule has 2 aromatic carbocycles. The molecule has 0 bridgehead atoms. The van der Waals surface area contributed by atoms with Crippen molar-refractivity contribution in [1.29, 1.82) is 0 Å². The molecule has 7 nitrogen and oxygen atoms in total. The van der Waals surface area contributed by atoms with Gasteiger partial charge in [0.05, 0.1) is 11.9 Å². The first-order chi connectivity index (χ1) is 17.0. The van der Waals surface area contributed by atoms with Gasteiger partial charge >= 0.3 is 0 Å². The lowest BCUT2D eigenvalue weighted by Crippen LogP contribution is -2.53. The average molecular weight is 534 g/mol. The number of para-hydroxylation sites is 1. The number of amides is 2. The van der Waals surface area contributed by atoms with Gasteiger partial charge in [-0.15, -0.1) is 0 Å². The van der Waals surface area contributed by atoms with Gasteiger partial charge < -0.3 is 10.2 Å². The summed E-state index contributed by atoms with van der Waals surface area (Å²) in [5.41, 5.74) is 2.73. The number of nitrogens with one attached hydrogen (secondary N) is 1. The van der Waals surface area contributed by atoms with Crippen molar-refractivity contribution in [3.63, 3.8) is 0 Å². The van der Waals surface area contributed by atoms with Crippen molar-refractivity contribution < 1.29 is 18.0 Å². The van der Waals surface area contributed by atoms with Gasteiger partial charge in [0, 0.05) is 17.6 Å². The maximum Gasteiger partial charge on any atom is 0.244 e. The van der Waals surface area contributed by atoms with Gasteiger partial charge in [-0.1, -0.05) is 61.2 Å². The van der Waals surface area contributed by atoms with E-state index in [9.17, 15) is 18.0 Å². The van der Waals surface area contributed by atoms with Gasteiger partial charge in [-0.05, 0) is 62.4 Å². The first kappa shape index (κ1) is 28.0. The monoisotopic (exact) mass is 533 g/mol. The third-order valence-corrected chi connectivity index (χ3v) is 8.08. The zero-order valence-corrected chi connectivity index (χ0v) is 23.0. The smallest absolute Gasteiger partial charge is 0.244 e. The van der Waals surface area contributed by atoms with E-state index < -0.39 is 28.5 Å². The van der Waals surface area contributed by atoms with Crippen molar-refractivity contribution in [2.75, 3.05) is 17.1 Å². The fourth-order valence-corrected chi connectivity index (χ4v) is 5.94. The Morgan fingerprint density at radius 1 is 1.06 bits per heavy atom. The molecule has 0 aromatic heterocycles. The standard InChI is InChI=1S/C27H36ClN3O4S/c1-19-10-8-11-20(2)26(19)31(36(4,34)35)18-25(32)30(17-22-12-9-13-23(28)16-22)21(3)27(33)29-24-14-6-5-7-15-24/h8-13,16,21,24H,5-7,14-15,17-18H2,1-4H3,(H,29,33). The van der Waals surface area contributed by atoms with Crippen LogP contribution < -0.4 is 9.62 Å². The van der Waals surface area contributed by atoms with Gasteiger partial charge in [0.15, 0.2) is 0 Å². The van der Waals surface area contributed by atoms with Crippen LogP contribution in [0, 0.1) is 13.8 Å². The number of halogens is 1. The number of hydrogen-bond donors (Lipinski definition) is 1. The first-order valence-corrected chi connectivity index (χ1v) is 14.6. The Bertz CT molecular complexity index is 1180. The van der Waals surface area contributed by atoms with E-state index in [1.54, 1.807) is 25.1 Å². The molecule has 9 heteroatoms. The minimum absolute atomic E-state index is 0.0963. The van der Waals surface area contributed by atoms with Crippen LogP contribution >= 0.6 is 11.6 Å². The number of carbonyl (C=O) groups excluding carboxylic acids is 2. The first-order valence-electron chi connectivity index (χ1n) is 12.4. The number of rotatable bonds is 9. The molecule has 196 valence electrons. The molecule has 3 rings (SSSR count). The van der Waals surface area contributed by atoms with Crippen molar-refractivity contribution in [2.45, 2.75) is 71.5 Å². The lowest BCUT2D eigenvalue weighted by Gasteiger charge is -2.33. The topological polar surface area (TPSA) is 86.8 Å². The summed E-state index contributed by atoms with van der Waals surface area (Å²) in [5, 5.41) is 3.61. The predicted molar refractivity (Wildman–Crippen MR) is 145 cm³/mol. The third kappa shape index (κ3) is 7.23. The number of anilines is 1. The zero-order chi connectivity index (χ0) is 26.5. The van der Waals surface area contributed by atoms with E-state index >= 15 is 0 Å². The highest BCUT2D eigenvalue weighted by Crippen LogP contribution is 2.27. The fraction of sp³-hybridized carbons (Fsp3) is 0.481. The molecule has 1 saturated carbocycles. The molecule has 1 N–H and O–H groups in total. The Balaban J connectivity index is 1.91. The molecule has 0 saturated heterocycles. The Kier molecular flexibility index (Phi) is 9.41.